The van der Waals surface area contributed by atoms with Crippen molar-refractivity contribution in [2.45, 2.75) is 63.9 Å². The van der Waals surface area contributed by atoms with Gasteiger partial charge < -0.3 is 4.74 Å². The quantitative estimate of drug-likeness (QED) is 0.480. The summed E-state index contributed by atoms with van der Waals surface area (Å²) >= 11 is 13.6. The Bertz CT molecular complexity index is 815. The number of halogens is 2. The maximum Gasteiger partial charge on any atom is 0.303 e. The van der Waals surface area contributed by atoms with Crippen LogP contribution >= 0.6 is 23.2 Å². The first-order valence-corrected chi connectivity index (χ1v) is 10.9. The van der Waals surface area contributed by atoms with E-state index in [4.69, 9.17) is 27.9 Å². The molecule has 0 radical (unpaired) electrons. The molecule has 5 unspecified atom stereocenters. The number of carbonyl (C=O) groups is 3. The Morgan fingerprint density at radius 2 is 1.96 bits per heavy atom. The summed E-state index contributed by atoms with van der Waals surface area (Å²) in [5.74, 6) is 0.206. The minimum absolute atomic E-state index is 0.107. The molecule has 0 aromatic heterocycles. The Labute approximate surface area is 175 Å². The number of fused-ring (bicyclic) bond motifs is 5. The van der Waals surface area contributed by atoms with E-state index in [1.54, 1.807) is 6.08 Å². The van der Waals surface area contributed by atoms with Gasteiger partial charge in [-0.3, -0.25) is 14.4 Å². The monoisotopic (exact) mass is 424 g/mol. The van der Waals surface area contributed by atoms with Crippen LogP contribution in [0.3, 0.4) is 0 Å². The van der Waals surface area contributed by atoms with Gasteiger partial charge in [0.1, 0.15) is 0 Å². The van der Waals surface area contributed by atoms with E-state index in [0.29, 0.717) is 24.3 Å². The fourth-order valence-corrected chi connectivity index (χ4v) is 7.78. The molecule has 2 fully saturated rings. The second kappa shape index (κ2) is 6.70. The first kappa shape index (κ1) is 20.2. The molecule has 0 aromatic carbocycles. The molecule has 6 heteroatoms. The molecule has 0 aliphatic heterocycles. The molecule has 2 saturated carbocycles. The van der Waals surface area contributed by atoms with Crippen molar-refractivity contribution in [3.63, 3.8) is 0 Å². The number of allylic oxidation sites excluding steroid dienone is 4. The van der Waals surface area contributed by atoms with Crippen LogP contribution in [0, 0.1) is 29.1 Å². The van der Waals surface area contributed by atoms with Gasteiger partial charge in [-0.1, -0.05) is 24.6 Å². The predicted molar refractivity (Wildman–Crippen MR) is 107 cm³/mol. The number of carbonyl (C=O) groups excluding carboxylic acids is 3. The summed E-state index contributed by atoms with van der Waals surface area (Å²) in [7, 11) is 0. The molecule has 152 valence electrons. The van der Waals surface area contributed by atoms with Crippen molar-refractivity contribution in [1.29, 1.82) is 0 Å². The lowest BCUT2D eigenvalue weighted by Gasteiger charge is -2.56. The van der Waals surface area contributed by atoms with E-state index in [-0.39, 0.29) is 40.6 Å². The zero-order valence-electron chi connectivity index (χ0n) is 16.5. The molecule has 4 aliphatic rings. The van der Waals surface area contributed by atoms with Crippen LogP contribution in [0.15, 0.2) is 22.8 Å². The van der Waals surface area contributed by atoms with Crippen molar-refractivity contribution in [1.82, 2.24) is 0 Å². The zero-order valence-corrected chi connectivity index (χ0v) is 18.0. The van der Waals surface area contributed by atoms with Gasteiger partial charge >= 0.3 is 5.97 Å². The van der Waals surface area contributed by atoms with E-state index in [1.807, 2.05) is 0 Å². The summed E-state index contributed by atoms with van der Waals surface area (Å²) in [6.07, 6.45) is 6.95. The third-order valence-corrected chi connectivity index (χ3v) is 8.67. The Kier molecular flexibility index (Phi) is 4.82. The van der Waals surface area contributed by atoms with Crippen molar-refractivity contribution < 1.29 is 19.1 Å². The minimum Gasteiger partial charge on any atom is -0.451 e. The van der Waals surface area contributed by atoms with Crippen molar-refractivity contribution in [3.05, 3.63) is 22.8 Å². The lowest BCUT2D eigenvalue weighted by atomic mass is 9.51. The molecule has 0 aromatic rings. The molecule has 0 N–H and O–H groups in total. The number of rotatable bonds is 2. The number of alkyl halides is 1. The molecule has 0 amide bonds. The van der Waals surface area contributed by atoms with E-state index in [2.05, 4.69) is 13.0 Å². The highest BCUT2D eigenvalue weighted by Gasteiger charge is 2.68. The van der Waals surface area contributed by atoms with Gasteiger partial charge in [0.05, 0.1) is 0 Å². The Morgan fingerprint density at radius 3 is 2.61 bits per heavy atom. The average molecular weight is 425 g/mol. The predicted octanol–water partition coefficient (Wildman–Crippen LogP) is 4.58. The second-order valence-corrected chi connectivity index (χ2v) is 10.1. The molecule has 7 atom stereocenters. The SMILES string of the molecule is CC(=O)O[C@]1(C(C)=O)CCC2C3C=C(Cl)C4=CC(=O)CCC4C3C(Cl)C[C@@]21C. The molecule has 28 heavy (non-hydrogen) atoms. The summed E-state index contributed by atoms with van der Waals surface area (Å²) in [6, 6.07) is 0. The van der Waals surface area contributed by atoms with Gasteiger partial charge in [0.2, 0.25) is 0 Å². The van der Waals surface area contributed by atoms with Gasteiger partial charge in [0.15, 0.2) is 17.2 Å². The molecular formula is C22H26Cl2O4. The lowest BCUT2D eigenvalue weighted by Crippen LogP contribution is -2.59. The minimum atomic E-state index is -1.12. The van der Waals surface area contributed by atoms with Gasteiger partial charge in [-0.05, 0) is 67.9 Å². The van der Waals surface area contributed by atoms with Crippen molar-refractivity contribution in [2.75, 3.05) is 0 Å². The van der Waals surface area contributed by atoms with Crippen LogP contribution in [0.1, 0.15) is 52.9 Å². The van der Waals surface area contributed by atoms with Crippen LogP contribution in [0.4, 0.5) is 0 Å². The number of ketones is 2. The number of hydrogen-bond acceptors (Lipinski definition) is 4. The molecular weight excluding hydrogens is 399 g/mol. The Morgan fingerprint density at radius 1 is 1.25 bits per heavy atom. The van der Waals surface area contributed by atoms with Crippen LogP contribution in [-0.4, -0.2) is 28.5 Å². The lowest BCUT2D eigenvalue weighted by molar-refractivity contribution is -0.184. The maximum atomic E-state index is 12.8. The molecule has 4 aliphatic carbocycles. The van der Waals surface area contributed by atoms with Crippen molar-refractivity contribution >= 4 is 40.7 Å². The van der Waals surface area contributed by atoms with Crippen molar-refractivity contribution in [3.8, 4) is 0 Å². The normalized spacial score (nSPS) is 44.6. The molecule has 4 nitrogen and oxygen atoms in total. The first-order chi connectivity index (χ1) is 13.1. The molecule has 0 spiro atoms. The van der Waals surface area contributed by atoms with E-state index >= 15 is 0 Å². The fraction of sp³-hybridized carbons (Fsp3) is 0.682. The van der Waals surface area contributed by atoms with Gasteiger partial charge in [-0.2, -0.15) is 0 Å². The van der Waals surface area contributed by atoms with Crippen LogP contribution in [0.5, 0.6) is 0 Å². The van der Waals surface area contributed by atoms with Gasteiger partial charge in [-0.15, -0.1) is 11.6 Å². The Balaban J connectivity index is 1.80. The third kappa shape index (κ3) is 2.67. The summed E-state index contributed by atoms with van der Waals surface area (Å²) in [6.45, 7) is 4.93. The molecule has 0 bridgehead atoms. The van der Waals surface area contributed by atoms with Crippen LogP contribution in [0.25, 0.3) is 0 Å². The highest BCUT2D eigenvalue weighted by Crippen LogP contribution is 2.66. The van der Waals surface area contributed by atoms with E-state index < -0.39 is 17.0 Å². The highest BCUT2D eigenvalue weighted by molar-refractivity contribution is 6.32. The topological polar surface area (TPSA) is 60.4 Å². The van der Waals surface area contributed by atoms with Crippen molar-refractivity contribution in [2.24, 2.45) is 29.1 Å². The van der Waals surface area contributed by atoms with E-state index in [9.17, 15) is 14.4 Å². The molecule has 0 heterocycles. The number of hydrogen-bond donors (Lipinski definition) is 0. The molecule has 0 saturated heterocycles. The van der Waals surface area contributed by atoms with Gasteiger partial charge in [-0.25, -0.2) is 0 Å². The third-order valence-electron chi connectivity index (χ3n) is 7.88. The molecule has 4 rings (SSSR count). The van der Waals surface area contributed by atoms with Gasteiger partial charge in [0.25, 0.3) is 0 Å². The number of Topliss-reactive ketones (excluding diaryl/α,β-unsaturated/α-hetero) is 1. The Hall–Kier alpha value is -1.13. The number of ether oxygens (including phenoxy) is 1. The average Bonchev–Trinajstić information content (AvgIpc) is 2.88. The van der Waals surface area contributed by atoms with Crippen LogP contribution in [0.2, 0.25) is 0 Å². The van der Waals surface area contributed by atoms with Crippen LogP contribution in [-0.2, 0) is 19.1 Å². The van der Waals surface area contributed by atoms with Crippen LogP contribution < -0.4 is 0 Å². The summed E-state index contributed by atoms with van der Waals surface area (Å²) in [5.41, 5.74) is -0.734. The largest absolute Gasteiger partial charge is 0.451 e. The summed E-state index contributed by atoms with van der Waals surface area (Å²) in [5, 5.41) is 0.460. The smallest absolute Gasteiger partial charge is 0.303 e. The summed E-state index contributed by atoms with van der Waals surface area (Å²) in [4.78, 5) is 36.6. The maximum absolute atomic E-state index is 12.8. The summed E-state index contributed by atoms with van der Waals surface area (Å²) < 4.78 is 5.75. The standard InChI is InChI=1S/C22H26Cl2O4/c1-11(25)22(28-12(2)26)7-6-17-16-9-18(23)15-8-13(27)4-5-14(15)20(16)19(24)10-21(17,22)3/h8-9,14,16-17,19-20H,4-7,10H2,1-3H3/t14?,16?,17?,19?,20?,21-,22-/m0/s1. The zero-order chi connectivity index (χ0) is 20.4. The van der Waals surface area contributed by atoms with E-state index in [0.717, 1.165) is 18.4 Å². The second-order valence-electron chi connectivity index (χ2n) is 9.14. The highest BCUT2D eigenvalue weighted by atomic mass is 35.5. The fourth-order valence-electron chi connectivity index (χ4n) is 6.77. The van der Waals surface area contributed by atoms with Gasteiger partial charge in [0, 0.05) is 29.2 Å². The first-order valence-electron chi connectivity index (χ1n) is 10.1. The number of esters is 1. The van der Waals surface area contributed by atoms with E-state index in [1.165, 1.54) is 13.8 Å².